The third-order valence-electron chi connectivity index (χ3n) is 2.72. The number of hydrogen-bond acceptors (Lipinski definition) is 3. The van der Waals surface area contributed by atoms with Crippen molar-refractivity contribution < 1.29 is 9.59 Å². The summed E-state index contributed by atoms with van der Waals surface area (Å²) in [4.78, 5) is 23.3. The van der Waals surface area contributed by atoms with Crippen molar-refractivity contribution in [2.75, 3.05) is 13.1 Å². The summed E-state index contributed by atoms with van der Waals surface area (Å²) >= 11 is 0. The minimum absolute atomic E-state index is 0.0193. The lowest BCUT2D eigenvalue weighted by Gasteiger charge is -2.20. The predicted octanol–water partition coefficient (Wildman–Crippen LogP) is 1.03. The molecule has 1 atom stereocenters. The Morgan fingerprint density at radius 3 is 2.21 bits per heavy atom. The van der Waals surface area contributed by atoms with E-state index >= 15 is 0 Å². The Labute approximate surface area is 116 Å². The molecule has 0 aliphatic carbocycles. The quantitative estimate of drug-likeness (QED) is 0.646. The topological polar surface area (TPSA) is 84.2 Å². The molecule has 0 bridgehead atoms. The van der Waals surface area contributed by atoms with Crippen LogP contribution in [0.1, 0.15) is 47.5 Å². The molecule has 0 aliphatic rings. The number of carbonyl (C=O) groups excluding carboxylic acids is 2. The summed E-state index contributed by atoms with van der Waals surface area (Å²) in [6.45, 7) is 10.5. The normalized spacial score (nSPS) is 13.2. The Kier molecular flexibility index (Phi) is 7.68. The van der Waals surface area contributed by atoms with Crippen LogP contribution in [0.15, 0.2) is 0 Å². The number of nitrogens with two attached hydrogens (primary N) is 1. The number of carbonyl (C=O) groups is 2. The molecule has 0 aromatic carbocycles. The third-order valence-corrected chi connectivity index (χ3v) is 2.72. The van der Waals surface area contributed by atoms with Crippen LogP contribution in [0.2, 0.25) is 0 Å². The van der Waals surface area contributed by atoms with E-state index in [9.17, 15) is 9.59 Å². The largest absolute Gasteiger partial charge is 0.355 e. The first-order chi connectivity index (χ1) is 8.66. The summed E-state index contributed by atoms with van der Waals surface area (Å²) in [5, 5.41) is 5.65. The molecule has 0 heterocycles. The van der Waals surface area contributed by atoms with Crippen LogP contribution in [0.25, 0.3) is 0 Å². The molecule has 112 valence electrons. The maximum atomic E-state index is 11.7. The highest BCUT2D eigenvalue weighted by Crippen LogP contribution is 2.12. The van der Waals surface area contributed by atoms with Gasteiger partial charge in [-0.3, -0.25) is 9.59 Å². The molecule has 0 saturated carbocycles. The van der Waals surface area contributed by atoms with Gasteiger partial charge in [-0.2, -0.15) is 0 Å². The summed E-state index contributed by atoms with van der Waals surface area (Å²) in [6, 6.07) is 0.0193. The van der Waals surface area contributed by atoms with Crippen LogP contribution in [0.5, 0.6) is 0 Å². The van der Waals surface area contributed by atoms with Gasteiger partial charge in [0.25, 0.3) is 0 Å². The number of rotatable bonds is 7. The molecule has 0 aliphatic heterocycles. The second-order valence-corrected chi connectivity index (χ2v) is 6.39. The van der Waals surface area contributed by atoms with Gasteiger partial charge in [0.2, 0.25) is 11.8 Å². The van der Waals surface area contributed by atoms with Gasteiger partial charge in [0.1, 0.15) is 0 Å². The van der Waals surface area contributed by atoms with E-state index in [0.29, 0.717) is 19.0 Å². The van der Waals surface area contributed by atoms with Crippen molar-refractivity contribution in [3.63, 3.8) is 0 Å². The van der Waals surface area contributed by atoms with Crippen LogP contribution in [0, 0.1) is 11.3 Å². The Hall–Kier alpha value is -1.10. The summed E-state index contributed by atoms with van der Waals surface area (Å²) < 4.78 is 0. The zero-order valence-corrected chi connectivity index (χ0v) is 12.9. The molecular formula is C14H29N3O2. The predicted molar refractivity (Wildman–Crippen MR) is 77.5 cm³/mol. The van der Waals surface area contributed by atoms with Gasteiger partial charge in [-0.25, -0.2) is 0 Å². The fourth-order valence-corrected chi connectivity index (χ4v) is 1.64. The summed E-state index contributed by atoms with van der Waals surface area (Å²) in [5.41, 5.74) is 5.20. The summed E-state index contributed by atoms with van der Waals surface area (Å²) in [7, 11) is 0. The van der Waals surface area contributed by atoms with Crippen LogP contribution in [0.3, 0.4) is 0 Å². The first kappa shape index (κ1) is 17.9. The Balaban J connectivity index is 3.96. The van der Waals surface area contributed by atoms with Crippen LogP contribution < -0.4 is 16.4 Å². The lowest BCUT2D eigenvalue weighted by molar-refractivity contribution is -0.128. The average Bonchev–Trinajstić information content (AvgIpc) is 2.25. The minimum atomic E-state index is -0.423. The van der Waals surface area contributed by atoms with E-state index in [1.807, 2.05) is 20.8 Å². The second kappa shape index (κ2) is 8.15. The van der Waals surface area contributed by atoms with Gasteiger partial charge in [0, 0.05) is 31.0 Å². The van der Waals surface area contributed by atoms with Gasteiger partial charge in [-0.05, 0) is 12.3 Å². The first-order valence-electron chi connectivity index (χ1n) is 6.94. The molecular weight excluding hydrogens is 242 g/mol. The molecule has 1 unspecified atom stereocenters. The summed E-state index contributed by atoms with van der Waals surface area (Å²) in [5.74, 6) is 0.387. The molecule has 0 aromatic heterocycles. The summed E-state index contributed by atoms with van der Waals surface area (Å²) in [6.07, 6.45) is 1.16. The SMILES string of the molecule is CC(C)CC(CN)NC(=O)CCNC(=O)C(C)(C)C. The highest BCUT2D eigenvalue weighted by Gasteiger charge is 2.20. The number of amides is 2. The van der Waals surface area contributed by atoms with Gasteiger partial charge in [0.15, 0.2) is 0 Å². The van der Waals surface area contributed by atoms with E-state index in [4.69, 9.17) is 5.73 Å². The Morgan fingerprint density at radius 1 is 1.21 bits per heavy atom. The smallest absolute Gasteiger partial charge is 0.225 e. The Morgan fingerprint density at radius 2 is 1.79 bits per heavy atom. The van der Waals surface area contributed by atoms with Gasteiger partial charge in [0.05, 0.1) is 0 Å². The molecule has 2 amide bonds. The standard InChI is InChI=1S/C14H29N3O2/c1-10(2)8-11(9-15)17-12(18)6-7-16-13(19)14(3,4)5/h10-11H,6-9,15H2,1-5H3,(H,16,19)(H,17,18). The molecule has 0 spiro atoms. The monoisotopic (exact) mass is 271 g/mol. The zero-order valence-electron chi connectivity index (χ0n) is 12.9. The van der Waals surface area contributed by atoms with E-state index in [2.05, 4.69) is 24.5 Å². The molecule has 0 aromatic rings. The van der Waals surface area contributed by atoms with E-state index < -0.39 is 5.41 Å². The third kappa shape index (κ3) is 8.59. The first-order valence-corrected chi connectivity index (χ1v) is 6.94. The zero-order chi connectivity index (χ0) is 15.1. The lowest BCUT2D eigenvalue weighted by atomic mass is 9.96. The fraction of sp³-hybridized carbons (Fsp3) is 0.857. The Bertz CT molecular complexity index is 296. The molecule has 5 nitrogen and oxygen atoms in total. The molecule has 5 heteroatoms. The highest BCUT2D eigenvalue weighted by atomic mass is 16.2. The van der Waals surface area contributed by atoms with Crippen molar-refractivity contribution >= 4 is 11.8 Å². The average molecular weight is 271 g/mol. The molecule has 0 rings (SSSR count). The van der Waals surface area contributed by atoms with E-state index in [-0.39, 0.29) is 24.3 Å². The van der Waals surface area contributed by atoms with Gasteiger partial charge < -0.3 is 16.4 Å². The molecule has 19 heavy (non-hydrogen) atoms. The molecule has 4 N–H and O–H groups in total. The molecule has 0 fully saturated rings. The van der Waals surface area contributed by atoms with Gasteiger partial charge in [-0.15, -0.1) is 0 Å². The van der Waals surface area contributed by atoms with Crippen LogP contribution >= 0.6 is 0 Å². The van der Waals surface area contributed by atoms with Crippen LogP contribution in [-0.2, 0) is 9.59 Å². The molecule has 0 saturated heterocycles. The van der Waals surface area contributed by atoms with Crippen molar-refractivity contribution in [2.45, 2.75) is 53.5 Å². The maximum Gasteiger partial charge on any atom is 0.225 e. The molecule has 0 radical (unpaired) electrons. The number of hydrogen-bond donors (Lipinski definition) is 3. The van der Waals surface area contributed by atoms with E-state index in [1.54, 1.807) is 0 Å². The van der Waals surface area contributed by atoms with Crippen molar-refractivity contribution in [1.82, 2.24) is 10.6 Å². The van der Waals surface area contributed by atoms with E-state index in [1.165, 1.54) is 0 Å². The van der Waals surface area contributed by atoms with Crippen molar-refractivity contribution in [3.8, 4) is 0 Å². The van der Waals surface area contributed by atoms with Crippen molar-refractivity contribution in [3.05, 3.63) is 0 Å². The second-order valence-electron chi connectivity index (χ2n) is 6.39. The number of nitrogens with one attached hydrogen (secondary N) is 2. The van der Waals surface area contributed by atoms with Crippen molar-refractivity contribution in [2.24, 2.45) is 17.1 Å². The lowest BCUT2D eigenvalue weighted by Crippen LogP contribution is -2.43. The van der Waals surface area contributed by atoms with Crippen LogP contribution in [-0.4, -0.2) is 30.9 Å². The van der Waals surface area contributed by atoms with Gasteiger partial charge in [-0.1, -0.05) is 34.6 Å². The minimum Gasteiger partial charge on any atom is -0.355 e. The van der Waals surface area contributed by atoms with Crippen molar-refractivity contribution in [1.29, 1.82) is 0 Å². The van der Waals surface area contributed by atoms with Gasteiger partial charge >= 0.3 is 0 Å². The maximum absolute atomic E-state index is 11.7. The highest BCUT2D eigenvalue weighted by molar-refractivity contribution is 5.82. The van der Waals surface area contributed by atoms with E-state index in [0.717, 1.165) is 6.42 Å². The fourth-order valence-electron chi connectivity index (χ4n) is 1.64. The van der Waals surface area contributed by atoms with Crippen LogP contribution in [0.4, 0.5) is 0 Å².